The standard InChI is InChI=1S/C24H35ClN4O/c1-5-11-28-12-9-10-17-18-13-16(6-2)14-21-22(18)19(15-20(17)28)23(25)29(21)26-24(30)27(7-3)8-4/h13-14,17,20H,5-12,15H2,1-4H3,(H,26,30)/t17-,20-/m1/s1. The molecule has 2 aromatic rings. The molecule has 0 bridgehead atoms. The van der Waals surface area contributed by atoms with Crippen LogP contribution in [-0.4, -0.2) is 52.7 Å². The highest BCUT2D eigenvalue weighted by atomic mass is 35.5. The molecule has 1 aromatic carbocycles. The van der Waals surface area contributed by atoms with E-state index in [9.17, 15) is 4.79 Å². The summed E-state index contributed by atoms with van der Waals surface area (Å²) in [5, 5.41) is 1.94. The van der Waals surface area contributed by atoms with Crippen LogP contribution in [0, 0.1) is 0 Å². The Bertz CT molecular complexity index is 931. The van der Waals surface area contributed by atoms with Gasteiger partial charge in [0.15, 0.2) is 0 Å². The van der Waals surface area contributed by atoms with Crippen molar-refractivity contribution in [1.29, 1.82) is 0 Å². The van der Waals surface area contributed by atoms with E-state index in [0.717, 1.165) is 24.9 Å². The number of hydrogen-bond donors (Lipinski definition) is 1. The molecule has 2 atom stereocenters. The molecule has 0 unspecified atom stereocenters. The molecule has 1 N–H and O–H groups in total. The third kappa shape index (κ3) is 3.50. The van der Waals surface area contributed by atoms with Crippen molar-refractivity contribution in [2.75, 3.05) is 31.6 Å². The van der Waals surface area contributed by atoms with Gasteiger partial charge in [0, 0.05) is 36.0 Å². The molecule has 2 amide bonds. The quantitative estimate of drug-likeness (QED) is 0.668. The predicted molar refractivity (Wildman–Crippen MR) is 125 cm³/mol. The third-order valence-corrected chi connectivity index (χ3v) is 7.48. The van der Waals surface area contributed by atoms with Crippen molar-refractivity contribution in [3.63, 3.8) is 0 Å². The van der Waals surface area contributed by atoms with Crippen molar-refractivity contribution in [1.82, 2.24) is 14.5 Å². The van der Waals surface area contributed by atoms with E-state index in [0.29, 0.717) is 30.2 Å². The minimum Gasteiger partial charge on any atom is -0.324 e. The second kappa shape index (κ2) is 8.80. The van der Waals surface area contributed by atoms with E-state index in [2.05, 4.69) is 36.3 Å². The van der Waals surface area contributed by atoms with E-state index in [1.165, 1.54) is 47.9 Å². The van der Waals surface area contributed by atoms with Crippen LogP contribution in [-0.2, 0) is 12.8 Å². The van der Waals surface area contributed by atoms with Crippen LogP contribution >= 0.6 is 11.6 Å². The summed E-state index contributed by atoms with van der Waals surface area (Å²) >= 11 is 6.96. The number of piperidine rings is 1. The number of hydrogen-bond acceptors (Lipinski definition) is 2. The fourth-order valence-electron chi connectivity index (χ4n) is 5.56. The third-order valence-electron chi connectivity index (χ3n) is 7.08. The molecule has 1 aliphatic heterocycles. The Labute approximate surface area is 185 Å². The molecule has 0 radical (unpaired) electrons. The average Bonchev–Trinajstić information content (AvgIpc) is 3.01. The summed E-state index contributed by atoms with van der Waals surface area (Å²) < 4.78 is 1.84. The minimum atomic E-state index is -0.0990. The number of fused-ring (bicyclic) bond motifs is 2. The number of aryl methyl sites for hydroxylation is 1. The molecule has 5 nitrogen and oxygen atoms in total. The van der Waals surface area contributed by atoms with Crippen LogP contribution in [0.4, 0.5) is 4.79 Å². The summed E-state index contributed by atoms with van der Waals surface area (Å²) in [6.45, 7) is 12.1. The van der Waals surface area contributed by atoms with Crippen LogP contribution in [0.3, 0.4) is 0 Å². The van der Waals surface area contributed by atoms with E-state index in [4.69, 9.17) is 11.6 Å². The maximum absolute atomic E-state index is 12.8. The van der Waals surface area contributed by atoms with Gasteiger partial charge < -0.3 is 4.90 Å². The molecule has 1 aliphatic carbocycles. The van der Waals surface area contributed by atoms with Gasteiger partial charge in [0.2, 0.25) is 0 Å². The fraction of sp³-hybridized carbons (Fsp3) is 0.625. The normalized spacial score (nSPS) is 21.0. The number of likely N-dealkylation sites (tertiary alicyclic amines) is 1. The molecule has 4 rings (SSSR count). The number of carbonyl (C=O) groups excluding carboxylic acids is 1. The Morgan fingerprint density at radius 1 is 1.23 bits per heavy atom. The van der Waals surface area contributed by atoms with Crippen LogP contribution in [0.25, 0.3) is 10.9 Å². The van der Waals surface area contributed by atoms with E-state index >= 15 is 0 Å². The first-order chi connectivity index (χ1) is 14.5. The number of rotatable bonds is 6. The van der Waals surface area contributed by atoms with E-state index < -0.39 is 0 Å². The highest BCUT2D eigenvalue weighted by Crippen LogP contribution is 2.47. The molecular formula is C24H35ClN4O. The van der Waals surface area contributed by atoms with Crippen LogP contribution in [0.15, 0.2) is 12.1 Å². The van der Waals surface area contributed by atoms with Gasteiger partial charge in [0.05, 0.1) is 5.52 Å². The van der Waals surface area contributed by atoms with Crippen LogP contribution in [0.1, 0.15) is 69.6 Å². The number of halogens is 1. The Balaban J connectivity index is 1.84. The molecule has 1 fully saturated rings. The summed E-state index contributed by atoms with van der Waals surface area (Å²) in [6, 6.07) is 5.03. The number of nitrogens with zero attached hydrogens (tertiary/aromatic N) is 3. The zero-order chi connectivity index (χ0) is 21.4. The Morgan fingerprint density at radius 3 is 2.67 bits per heavy atom. The lowest BCUT2D eigenvalue weighted by atomic mass is 9.74. The highest BCUT2D eigenvalue weighted by molar-refractivity contribution is 6.32. The zero-order valence-electron chi connectivity index (χ0n) is 18.8. The monoisotopic (exact) mass is 430 g/mol. The van der Waals surface area contributed by atoms with Gasteiger partial charge in [-0.2, -0.15) is 0 Å². The van der Waals surface area contributed by atoms with Gasteiger partial charge in [0.1, 0.15) is 5.15 Å². The largest absolute Gasteiger partial charge is 0.336 e. The van der Waals surface area contributed by atoms with Crippen molar-refractivity contribution >= 4 is 28.5 Å². The summed E-state index contributed by atoms with van der Waals surface area (Å²) in [7, 11) is 0. The summed E-state index contributed by atoms with van der Waals surface area (Å²) in [4.78, 5) is 17.3. The first-order valence-electron chi connectivity index (χ1n) is 11.7. The first-order valence-corrected chi connectivity index (χ1v) is 12.1. The summed E-state index contributed by atoms with van der Waals surface area (Å²) in [5.41, 5.74) is 8.10. The number of urea groups is 1. The maximum atomic E-state index is 12.8. The van der Waals surface area contributed by atoms with Gasteiger partial charge in [-0.25, -0.2) is 14.9 Å². The SMILES string of the molecule is CCCN1CCC[C@@H]2c3cc(CC)cc4c3c(c(Cl)n4NC(=O)N(CC)CC)C[C@H]21. The molecule has 164 valence electrons. The molecule has 1 saturated heterocycles. The molecule has 6 heteroatoms. The number of nitrogens with one attached hydrogen (secondary N) is 1. The number of amides is 2. The maximum Gasteiger partial charge on any atom is 0.336 e. The van der Waals surface area contributed by atoms with E-state index in [1.807, 2.05) is 18.5 Å². The summed E-state index contributed by atoms with van der Waals surface area (Å²) in [5.74, 6) is 0.553. The smallest absolute Gasteiger partial charge is 0.324 e. The van der Waals surface area contributed by atoms with Crippen molar-refractivity contribution in [3.05, 3.63) is 34.0 Å². The van der Waals surface area contributed by atoms with Crippen LogP contribution < -0.4 is 5.43 Å². The van der Waals surface area contributed by atoms with Gasteiger partial charge >= 0.3 is 6.03 Å². The van der Waals surface area contributed by atoms with E-state index in [1.54, 1.807) is 4.90 Å². The molecule has 2 heterocycles. The van der Waals surface area contributed by atoms with Crippen LogP contribution in [0.5, 0.6) is 0 Å². The van der Waals surface area contributed by atoms with E-state index in [-0.39, 0.29) is 6.03 Å². The van der Waals surface area contributed by atoms with Gasteiger partial charge in [-0.15, -0.1) is 0 Å². The second-order valence-corrected chi connectivity index (χ2v) is 9.04. The number of carbonyl (C=O) groups is 1. The number of benzene rings is 1. The predicted octanol–water partition coefficient (Wildman–Crippen LogP) is 5.38. The molecule has 1 aromatic heterocycles. The topological polar surface area (TPSA) is 40.5 Å². The molecule has 2 aliphatic rings. The lowest BCUT2D eigenvalue weighted by molar-refractivity contribution is 0.124. The van der Waals surface area contributed by atoms with Gasteiger partial charge in [-0.05, 0) is 76.2 Å². The minimum absolute atomic E-state index is 0.0990. The van der Waals surface area contributed by atoms with Crippen molar-refractivity contribution in [3.8, 4) is 0 Å². The summed E-state index contributed by atoms with van der Waals surface area (Å²) in [6.07, 6.45) is 5.60. The zero-order valence-corrected chi connectivity index (χ0v) is 19.6. The highest BCUT2D eigenvalue weighted by Gasteiger charge is 2.39. The molecule has 0 saturated carbocycles. The van der Waals surface area contributed by atoms with Crippen molar-refractivity contribution in [2.45, 2.75) is 71.8 Å². The lowest BCUT2D eigenvalue weighted by Gasteiger charge is -2.44. The van der Waals surface area contributed by atoms with Gasteiger partial charge in [-0.1, -0.05) is 31.5 Å². The Morgan fingerprint density at radius 2 is 2.00 bits per heavy atom. The van der Waals surface area contributed by atoms with Crippen molar-refractivity contribution in [2.24, 2.45) is 0 Å². The molecule has 30 heavy (non-hydrogen) atoms. The molecular weight excluding hydrogens is 396 g/mol. The first kappa shape index (κ1) is 21.5. The lowest BCUT2D eigenvalue weighted by Crippen LogP contribution is -2.47. The Kier molecular flexibility index (Phi) is 6.31. The Hall–Kier alpha value is -1.72. The fourth-order valence-corrected chi connectivity index (χ4v) is 5.87. The van der Waals surface area contributed by atoms with Gasteiger partial charge in [0.25, 0.3) is 0 Å². The molecule has 0 spiro atoms. The second-order valence-electron chi connectivity index (χ2n) is 8.68. The van der Waals surface area contributed by atoms with Crippen molar-refractivity contribution < 1.29 is 4.79 Å². The van der Waals surface area contributed by atoms with Gasteiger partial charge in [-0.3, -0.25) is 4.90 Å². The average molecular weight is 431 g/mol. The number of aromatic nitrogens is 1. The van der Waals surface area contributed by atoms with Crippen LogP contribution in [0.2, 0.25) is 5.15 Å².